The van der Waals surface area contributed by atoms with Gasteiger partial charge in [-0.3, -0.25) is 0 Å². The van der Waals surface area contributed by atoms with E-state index in [2.05, 4.69) is 18.3 Å². The summed E-state index contributed by atoms with van der Waals surface area (Å²) in [4.78, 5) is 0. The first-order valence-electron chi connectivity index (χ1n) is 6.55. The van der Waals surface area contributed by atoms with Gasteiger partial charge in [-0.15, -0.1) is 0 Å². The van der Waals surface area contributed by atoms with Gasteiger partial charge in [0.15, 0.2) is 11.5 Å². The van der Waals surface area contributed by atoms with Gasteiger partial charge < -0.3 is 15.2 Å². The maximum atomic E-state index is 9.81. The summed E-state index contributed by atoms with van der Waals surface area (Å²) in [6.07, 6.45) is 0. The van der Waals surface area contributed by atoms with Gasteiger partial charge in [0.25, 0.3) is 0 Å². The maximum absolute atomic E-state index is 9.81. The number of para-hydroxylation sites is 1. The fourth-order valence-electron chi connectivity index (χ4n) is 1.96. The van der Waals surface area contributed by atoms with Gasteiger partial charge in [-0.2, -0.15) is 0 Å². The highest BCUT2D eigenvalue weighted by molar-refractivity contribution is 6.32. The Bertz CT molecular complexity index is 599. The molecule has 2 aromatic carbocycles. The number of halogens is 1. The van der Waals surface area contributed by atoms with E-state index in [0.717, 1.165) is 11.3 Å². The summed E-state index contributed by atoms with van der Waals surface area (Å²) in [5, 5.41) is 13.5. The number of hydrogen-bond donors (Lipinski definition) is 2. The van der Waals surface area contributed by atoms with E-state index in [4.69, 9.17) is 16.3 Å². The highest BCUT2D eigenvalue weighted by Gasteiger charge is 2.09. The lowest BCUT2D eigenvalue weighted by atomic mass is 10.1. The second-order valence-corrected chi connectivity index (χ2v) is 4.93. The molecular formula is C16H18ClNO2. The summed E-state index contributed by atoms with van der Waals surface area (Å²) in [5.41, 5.74) is 3.22. The van der Waals surface area contributed by atoms with Gasteiger partial charge in [0.1, 0.15) is 0 Å². The van der Waals surface area contributed by atoms with E-state index in [1.807, 2.05) is 25.1 Å². The zero-order valence-electron chi connectivity index (χ0n) is 11.6. The molecule has 2 rings (SSSR count). The van der Waals surface area contributed by atoms with E-state index in [0.29, 0.717) is 23.9 Å². The Labute approximate surface area is 124 Å². The predicted molar refractivity (Wildman–Crippen MR) is 82.8 cm³/mol. The van der Waals surface area contributed by atoms with Crippen molar-refractivity contribution >= 4 is 17.3 Å². The minimum atomic E-state index is -0.00633. The zero-order chi connectivity index (χ0) is 14.5. The molecular weight excluding hydrogens is 274 g/mol. The number of rotatable bonds is 5. The molecule has 0 amide bonds. The van der Waals surface area contributed by atoms with Crippen LogP contribution in [-0.4, -0.2) is 11.7 Å². The number of phenolic OH excluding ortho intramolecular Hbond substituents is 1. The molecule has 2 N–H and O–H groups in total. The van der Waals surface area contributed by atoms with E-state index in [1.165, 1.54) is 5.56 Å². The first-order chi connectivity index (χ1) is 9.61. The van der Waals surface area contributed by atoms with Gasteiger partial charge in [-0.25, -0.2) is 0 Å². The Morgan fingerprint density at radius 3 is 2.70 bits per heavy atom. The van der Waals surface area contributed by atoms with Crippen LogP contribution in [0.15, 0.2) is 36.4 Å². The van der Waals surface area contributed by atoms with Crippen molar-refractivity contribution in [3.63, 3.8) is 0 Å². The Morgan fingerprint density at radius 2 is 2.00 bits per heavy atom. The highest BCUT2D eigenvalue weighted by atomic mass is 35.5. The summed E-state index contributed by atoms with van der Waals surface area (Å²) < 4.78 is 5.37. The molecule has 0 aliphatic heterocycles. The summed E-state index contributed by atoms with van der Waals surface area (Å²) in [5.74, 6) is 0.412. The minimum absolute atomic E-state index is 0.00633. The van der Waals surface area contributed by atoms with Crippen molar-refractivity contribution in [2.75, 3.05) is 11.9 Å². The van der Waals surface area contributed by atoms with Crippen LogP contribution in [-0.2, 0) is 6.54 Å². The predicted octanol–water partition coefficient (Wildman–Crippen LogP) is 4.36. The van der Waals surface area contributed by atoms with Crippen LogP contribution in [0.5, 0.6) is 11.5 Å². The molecule has 0 atom stereocenters. The van der Waals surface area contributed by atoms with Crippen molar-refractivity contribution < 1.29 is 9.84 Å². The zero-order valence-corrected chi connectivity index (χ0v) is 12.4. The maximum Gasteiger partial charge on any atom is 0.176 e. The van der Waals surface area contributed by atoms with Crippen LogP contribution in [0.3, 0.4) is 0 Å². The van der Waals surface area contributed by atoms with Crippen molar-refractivity contribution in [1.29, 1.82) is 0 Å². The number of hydrogen-bond acceptors (Lipinski definition) is 3. The lowest BCUT2D eigenvalue weighted by molar-refractivity contribution is 0.318. The molecule has 0 bridgehead atoms. The third kappa shape index (κ3) is 3.36. The van der Waals surface area contributed by atoms with Gasteiger partial charge >= 0.3 is 0 Å². The number of aromatic hydroxyl groups is 1. The SMILES string of the molecule is CCOc1cc(CNc2ccccc2C)cc(Cl)c1O. The van der Waals surface area contributed by atoms with E-state index in [9.17, 15) is 5.11 Å². The number of ether oxygens (including phenoxy) is 1. The quantitative estimate of drug-likeness (QED) is 0.860. The highest BCUT2D eigenvalue weighted by Crippen LogP contribution is 2.35. The largest absolute Gasteiger partial charge is 0.503 e. The molecule has 4 heteroatoms. The van der Waals surface area contributed by atoms with Crippen LogP contribution < -0.4 is 10.1 Å². The second-order valence-electron chi connectivity index (χ2n) is 4.53. The van der Waals surface area contributed by atoms with Crippen molar-refractivity contribution in [3.8, 4) is 11.5 Å². The Morgan fingerprint density at radius 1 is 1.25 bits per heavy atom. The molecule has 2 aromatic rings. The first kappa shape index (κ1) is 14.5. The Balaban J connectivity index is 2.16. The summed E-state index contributed by atoms with van der Waals surface area (Å²) in [7, 11) is 0. The van der Waals surface area contributed by atoms with Crippen molar-refractivity contribution in [3.05, 3.63) is 52.5 Å². The van der Waals surface area contributed by atoms with E-state index < -0.39 is 0 Å². The van der Waals surface area contributed by atoms with Crippen molar-refractivity contribution in [1.82, 2.24) is 0 Å². The van der Waals surface area contributed by atoms with E-state index in [1.54, 1.807) is 12.1 Å². The molecule has 3 nitrogen and oxygen atoms in total. The van der Waals surface area contributed by atoms with Gasteiger partial charge in [0.2, 0.25) is 0 Å². The van der Waals surface area contributed by atoms with Crippen LogP contribution in [0.2, 0.25) is 5.02 Å². The fourth-order valence-corrected chi connectivity index (χ4v) is 2.20. The average molecular weight is 292 g/mol. The van der Waals surface area contributed by atoms with Crippen LogP contribution in [0.1, 0.15) is 18.1 Å². The fraction of sp³-hybridized carbons (Fsp3) is 0.250. The average Bonchev–Trinajstić information content (AvgIpc) is 2.43. The number of anilines is 1. The molecule has 0 aliphatic carbocycles. The third-order valence-corrected chi connectivity index (χ3v) is 3.30. The summed E-state index contributed by atoms with van der Waals surface area (Å²) in [6, 6.07) is 11.6. The molecule has 0 unspecified atom stereocenters. The van der Waals surface area contributed by atoms with Crippen LogP contribution in [0.4, 0.5) is 5.69 Å². The molecule has 0 saturated heterocycles. The molecule has 0 aromatic heterocycles. The Kier molecular flexibility index (Phi) is 4.74. The second kappa shape index (κ2) is 6.53. The van der Waals surface area contributed by atoms with Gasteiger partial charge in [-0.05, 0) is 43.2 Å². The van der Waals surface area contributed by atoms with Crippen molar-refractivity contribution in [2.45, 2.75) is 20.4 Å². The van der Waals surface area contributed by atoms with Gasteiger partial charge in [-0.1, -0.05) is 29.8 Å². The lowest BCUT2D eigenvalue weighted by Gasteiger charge is -2.12. The Hall–Kier alpha value is -1.87. The topological polar surface area (TPSA) is 41.5 Å². The van der Waals surface area contributed by atoms with Gasteiger partial charge in [0, 0.05) is 12.2 Å². The number of phenols is 1. The molecule has 20 heavy (non-hydrogen) atoms. The van der Waals surface area contributed by atoms with Gasteiger partial charge in [0.05, 0.1) is 11.6 Å². The third-order valence-electron chi connectivity index (χ3n) is 3.02. The molecule has 0 heterocycles. The molecule has 0 radical (unpaired) electrons. The summed E-state index contributed by atoms with van der Waals surface area (Å²) in [6.45, 7) is 5.02. The molecule has 0 aliphatic rings. The van der Waals surface area contributed by atoms with E-state index in [-0.39, 0.29) is 5.75 Å². The normalized spacial score (nSPS) is 10.3. The smallest absolute Gasteiger partial charge is 0.176 e. The first-order valence-corrected chi connectivity index (χ1v) is 6.93. The molecule has 106 valence electrons. The molecule has 0 spiro atoms. The standard InChI is InChI=1S/C16H18ClNO2/c1-3-20-15-9-12(8-13(17)16(15)19)10-18-14-7-5-4-6-11(14)2/h4-9,18-19H,3,10H2,1-2H3. The molecule has 0 saturated carbocycles. The van der Waals surface area contributed by atoms with Crippen LogP contribution >= 0.6 is 11.6 Å². The number of nitrogens with one attached hydrogen (secondary N) is 1. The number of aryl methyl sites for hydroxylation is 1. The van der Waals surface area contributed by atoms with Crippen LogP contribution in [0.25, 0.3) is 0 Å². The summed E-state index contributed by atoms with van der Waals surface area (Å²) >= 11 is 6.01. The monoisotopic (exact) mass is 291 g/mol. The molecule has 0 fully saturated rings. The lowest BCUT2D eigenvalue weighted by Crippen LogP contribution is -2.02. The van der Waals surface area contributed by atoms with Crippen LogP contribution in [0, 0.1) is 6.92 Å². The van der Waals surface area contributed by atoms with E-state index >= 15 is 0 Å². The minimum Gasteiger partial charge on any atom is -0.503 e. The van der Waals surface area contributed by atoms with Crippen molar-refractivity contribution in [2.24, 2.45) is 0 Å². The number of benzene rings is 2.